The second-order valence-electron chi connectivity index (χ2n) is 3.47. The molecule has 2 nitrogen and oxygen atoms in total. The normalized spacial score (nSPS) is 10.4. The standard InChI is InChI=1S/C10H10B4O2/c1-2-3-16-10-8(13)6(11)5(4-15)7(12)9(10)14/h15H,2-4H2,1H3. The molecule has 0 fully saturated rings. The smallest absolute Gasteiger partial charge is 0.118 e. The molecule has 16 heavy (non-hydrogen) atoms. The van der Waals surface area contributed by atoms with Crippen LogP contribution in [0.1, 0.15) is 18.9 Å². The van der Waals surface area contributed by atoms with Crippen LogP contribution in [0.5, 0.6) is 5.75 Å². The van der Waals surface area contributed by atoms with Crippen LogP contribution in [0.25, 0.3) is 0 Å². The highest BCUT2D eigenvalue weighted by atomic mass is 16.5. The summed E-state index contributed by atoms with van der Waals surface area (Å²) in [6.07, 6.45) is 0.820. The molecule has 0 unspecified atom stereocenters. The van der Waals surface area contributed by atoms with Crippen LogP contribution < -0.4 is 26.6 Å². The fraction of sp³-hybridized carbons (Fsp3) is 0.400. The SMILES string of the molecule is [B]c1c([B])c(OCCC)c([B])c([B])c1CO. The molecule has 8 radical (unpaired) electrons. The van der Waals surface area contributed by atoms with Crippen molar-refractivity contribution in [1.29, 1.82) is 0 Å². The molecule has 74 valence electrons. The van der Waals surface area contributed by atoms with Gasteiger partial charge in [-0.3, -0.25) is 0 Å². The largest absolute Gasteiger partial charge is 0.495 e. The average Bonchev–Trinajstić information content (AvgIpc) is 2.27. The predicted molar refractivity (Wildman–Crippen MR) is 69.7 cm³/mol. The quantitative estimate of drug-likeness (QED) is 0.536. The Kier molecular flexibility index (Phi) is 4.60. The van der Waals surface area contributed by atoms with E-state index in [1.54, 1.807) is 0 Å². The number of aliphatic hydroxyl groups excluding tert-OH is 1. The molecule has 6 heteroatoms. The lowest BCUT2D eigenvalue weighted by Gasteiger charge is -2.21. The first-order valence-corrected chi connectivity index (χ1v) is 5.02. The van der Waals surface area contributed by atoms with E-state index < -0.39 is 0 Å². The Balaban J connectivity index is 3.29. The van der Waals surface area contributed by atoms with Crippen LogP contribution in [-0.2, 0) is 6.61 Å². The van der Waals surface area contributed by atoms with Crippen molar-refractivity contribution in [3.8, 4) is 5.75 Å². The molecule has 0 spiro atoms. The zero-order chi connectivity index (χ0) is 12.3. The summed E-state index contributed by atoms with van der Waals surface area (Å²) < 4.78 is 5.39. The molecule has 0 aliphatic carbocycles. The van der Waals surface area contributed by atoms with Crippen LogP contribution in [-0.4, -0.2) is 43.1 Å². The van der Waals surface area contributed by atoms with E-state index in [4.69, 9.17) is 41.2 Å². The lowest BCUT2D eigenvalue weighted by Crippen LogP contribution is -2.45. The maximum Gasteiger partial charge on any atom is 0.118 e. The Labute approximate surface area is 101 Å². The van der Waals surface area contributed by atoms with Gasteiger partial charge in [-0.2, -0.15) is 0 Å². The summed E-state index contributed by atoms with van der Waals surface area (Å²) in [5.41, 5.74) is 1.24. The number of hydrogen-bond acceptors (Lipinski definition) is 2. The molecule has 1 aromatic rings. The minimum atomic E-state index is -0.305. The summed E-state index contributed by atoms with van der Waals surface area (Å²) >= 11 is 0. The minimum absolute atomic E-state index is 0.223. The summed E-state index contributed by atoms with van der Waals surface area (Å²) in [5.74, 6) is 0.300. The number of benzene rings is 1. The van der Waals surface area contributed by atoms with Gasteiger partial charge in [0.25, 0.3) is 0 Å². The lowest BCUT2D eigenvalue weighted by atomic mass is 9.66. The summed E-state index contributed by atoms with van der Waals surface area (Å²) in [7, 11) is 23.0. The van der Waals surface area contributed by atoms with Gasteiger partial charge in [0.15, 0.2) is 0 Å². The zero-order valence-electron chi connectivity index (χ0n) is 9.29. The van der Waals surface area contributed by atoms with Gasteiger partial charge in [0.05, 0.1) is 13.2 Å². The van der Waals surface area contributed by atoms with E-state index in [0.717, 1.165) is 6.42 Å². The van der Waals surface area contributed by atoms with E-state index in [1.807, 2.05) is 6.92 Å². The minimum Gasteiger partial charge on any atom is -0.495 e. The summed E-state index contributed by atoms with van der Waals surface area (Å²) in [4.78, 5) is 0. The average molecular weight is 205 g/mol. The van der Waals surface area contributed by atoms with Crippen molar-refractivity contribution in [2.24, 2.45) is 0 Å². The highest BCUT2D eigenvalue weighted by Gasteiger charge is 2.13. The molecule has 0 amide bonds. The van der Waals surface area contributed by atoms with Gasteiger partial charge in [-0.25, -0.2) is 0 Å². The summed E-state index contributed by atoms with van der Waals surface area (Å²) in [6, 6.07) is 0. The van der Waals surface area contributed by atoms with E-state index in [0.29, 0.717) is 17.9 Å². The van der Waals surface area contributed by atoms with Gasteiger partial charge in [0.2, 0.25) is 0 Å². The molecule has 0 aliphatic rings. The molecule has 1 aromatic carbocycles. The van der Waals surface area contributed by atoms with Gasteiger partial charge >= 0.3 is 0 Å². The van der Waals surface area contributed by atoms with Crippen molar-refractivity contribution >= 4 is 53.2 Å². The van der Waals surface area contributed by atoms with Gasteiger partial charge < -0.3 is 9.84 Å². The molecule has 0 heterocycles. The van der Waals surface area contributed by atoms with Gasteiger partial charge in [0, 0.05) is 0 Å². The molecule has 0 atom stereocenters. The van der Waals surface area contributed by atoms with E-state index in [-0.39, 0.29) is 28.5 Å². The lowest BCUT2D eigenvalue weighted by molar-refractivity contribution is 0.283. The molecule has 1 N–H and O–H groups in total. The third-order valence-electron chi connectivity index (χ3n) is 2.33. The van der Waals surface area contributed by atoms with Crippen molar-refractivity contribution in [1.82, 2.24) is 0 Å². The van der Waals surface area contributed by atoms with E-state index >= 15 is 0 Å². The van der Waals surface area contributed by atoms with Crippen molar-refractivity contribution in [2.45, 2.75) is 20.0 Å². The molecule has 0 aliphatic heterocycles. The summed E-state index contributed by atoms with van der Waals surface area (Å²) in [5, 5.41) is 9.10. The molecular weight excluding hydrogens is 195 g/mol. The van der Waals surface area contributed by atoms with Gasteiger partial charge in [-0.05, 0) is 12.0 Å². The van der Waals surface area contributed by atoms with Gasteiger partial charge in [-0.15, -0.1) is 0 Å². The third-order valence-corrected chi connectivity index (χ3v) is 2.33. The number of aliphatic hydroxyl groups is 1. The third kappa shape index (κ3) is 2.32. The van der Waals surface area contributed by atoms with Crippen LogP contribution in [0.2, 0.25) is 0 Å². The maximum atomic E-state index is 9.10. The van der Waals surface area contributed by atoms with Crippen LogP contribution in [0.15, 0.2) is 0 Å². The van der Waals surface area contributed by atoms with Crippen molar-refractivity contribution in [3.05, 3.63) is 5.56 Å². The number of rotatable bonds is 4. The van der Waals surface area contributed by atoms with E-state index in [1.165, 1.54) is 0 Å². The Bertz CT molecular complexity index is 364. The Morgan fingerprint density at radius 1 is 1.00 bits per heavy atom. The van der Waals surface area contributed by atoms with Crippen molar-refractivity contribution in [3.63, 3.8) is 0 Å². The molecular formula is C10H10B4O2. The number of hydrogen-bond donors (Lipinski definition) is 1. The first-order valence-electron chi connectivity index (χ1n) is 5.02. The molecule has 0 bridgehead atoms. The summed E-state index contributed by atoms with van der Waals surface area (Å²) in [6.45, 7) is 2.13. The molecule has 0 aromatic heterocycles. The fourth-order valence-corrected chi connectivity index (χ4v) is 1.39. The zero-order valence-corrected chi connectivity index (χ0v) is 9.29. The Morgan fingerprint density at radius 3 is 1.88 bits per heavy atom. The van der Waals surface area contributed by atoms with Crippen LogP contribution in [0.4, 0.5) is 0 Å². The Hall–Kier alpha value is -0.760. The highest BCUT2D eigenvalue weighted by Crippen LogP contribution is 2.01. The monoisotopic (exact) mass is 206 g/mol. The molecule has 0 saturated carbocycles. The second kappa shape index (κ2) is 5.53. The molecule has 1 rings (SSSR count). The highest BCUT2D eigenvalue weighted by molar-refractivity contribution is 6.58. The number of ether oxygens (including phenoxy) is 1. The van der Waals surface area contributed by atoms with Gasteiger partial charge in [0.1, 0.15) is 37.1 Å². The fourth-order valence-electron chi connectivity index (χ4n) is 1.39. The van der Waals surface area contributed by atoms with E-state index in [2.05, 4.69) is 0 Å². The predicted octanol–water partition coefficient (Wildman–Crippen LogP) is -2.86. The second-order valence-corrected chi connectivity index (χ2v) is 3.47. The van der Waals surface area contributed by atoms with Crippen molar-refractivity contribution in [2.75, 3.05) is 6.61 Å². The first kappa shape index (κ1) is 13.3. The first-order chi connectivity index (χ1) is 7.54. The van der Waals surface area contributed by atoms with Crippen LogP contribution >= 0.6 is 0 Å². The Morgan fingerprint density at radius 2 is 1.50 bits per heavy atom. The molecule has 0 saturated heterocycles. The van der Waals surface area contributed by atoms with Crippen molar-refractivity contribution < 1.29 is 9.84 Å². The maximum absolute atomic E-state index is 9.10. The van der Waals surface area contributed by atoms with Crippen LogP contribution in [0, 0.1) is 0 Å². The van der Waals surface area contributed by atoms with Crippen LogP contribution in [0.3, 0.4) is 0 Å². The topological polar surface area (TPSA) is 29.5 Å². The van der Waals surface area contributed by atoms with Gasteiger partial charge in [-0.1, -0.05) is 28.8 Å². The van der Waals surface area contributed by atoms with E-state index in [9.17, 15) is 0 Å².